The highest BCUT2D eigenvalue weighted by molar-refractivity contribution is 14.0. The number of aromatic nitrogens is 1. The Morgan fingerprint density at radius 2 is 2.00 bits per heavy atom. The first-order valence-corrected chi connectivity index (χ1v) is 6.62. The number of nitrogens with one attached hydrogen (secondary N) is 2. The van der Waals surface area contributed by atoms with E-state index in [9.17, 15) is 0 Å². The third-order valence-electron chi connectivity index (χ3n) is 2.93. The maximum absolute atomic E-state index is 4.45. The van der Waals surface area contributed by atoms with Crippen LogP contribution in [0.4, 0.5) is 0 Å². The van der Waals surface area contributed by atoms with Gasteiger partial charge in [0.15, 0.2) is 5.96 Å². The SMILES string of the molecule is CCCNC(=NC)NCc1cccc2cccnc12.I. The summed E-state index contributed by atoms with van der Waals surface area (Å²) in [5.74, 6) is 0.829. The molecule has 0 bridgehead atoms. The topological polar surface area (TPSA) is 49.3 Å². The lowest BCUT2D eigenvalue weighted by Crippen LogP contribution is -2.37. The molecule has 1 aromatic carbocycles. The molecule has 0 spiro atoms. The van der Waals surface area contributed by atoms with Gasteiger partial charge in [-0.05, 0) is 18.1 Å². The number of halogens is 1. The molecule has 1 heterocycles. The van der Waals surface area contributed by atoms with Gasteiger partial charge in [-0.3, -0.25) is 9.98 Å². The van der Waals surface area contributed by atoms with Crippen LogP contribution in [0.5, 0.6) is 0 Å². The van der Waals surface area contributed by atoms with Crippen molar-refractivity contribution in [3.63, 3.8) is 0 Å². The molecule has 0 saturated carbocycles. The van der Waals surface area contributed by atoms with Crippen molar-refractivity contribution in [3.05, 3.63) is 42.1 Å². The summed E-state index contributed by atoms with van der Waals surface area (Å²) in [4.78, 5) is 8.64. The fraction of sp³-hybridized carbons (Fsp3) is 0.333. The molecule has 0 unspecified atom stereocenters. The first-order valence-electron chi connectivity index (χ1n) is 6.62. The summed E-state index contributed by atoms with van der Waals surface area (Å²) in [7, 11) is 1.78. The van der Waals surface area contributed by atoms with Crippen molar-refractivity contribution in [1.29, 1.82) is 0 Å². The maximum Gasteiger partial charge on any atom is 0.191 e. The molecule has 5 heteroatoms. The van der Waals surface area contributed by atoms with E-state index in [2.05, 4.69) is 51.8 Å². The molecule has 0 saturated heterocycles. The van der Waals surface area contributed by atoms with E-state index in [0.29, 0.717) is 0 Å². The summed E-state index contributed by atoms with van der Waals surface area (Å²) in [5.41, 5.74) is 2.22. The Bertz CT molecular complexity index is 563. The second-order valence-electron chi connectivity index (χ2n) is 4.34. The molecule has 2 aromatic rings. The van der Waals surface area contributed by atoms with Crippen LogP contribution in [0.15, 0.2) is 41.5 Å². The predicted molar refractivity (Wildman–Crippen MR) is 95.7 cm³/mol. The van der Waals surface area contributed by atoms with Crippen LogP contribution in [0.3, 0.4) is 0 Å². The van der Waals surface area contributed by atoms with Gasteiger partial charge in [0, 0.05) is 31.7 Å². The summed E-state index contributed by atoms with van der Waals surface area (Å²) in [5, 5.41) is 7.73. The number of benzene rings is 1. The largest absolute Gasteiger partial charge is 0.356 e. The van der Waals surface area contributed by atoms with Crippen LogP contribution in [-0.2, 0) is 6.54 Å². The molecule has 0 radical (unpaired) electrons. The minimum atomic E-state index is 0. The molecular weight excluding hydrogens is 363 g/mol. The van der Waals surface area contributed by atoms with Crippen LogP contribution in [0, 0.1) is 0 Å². The summed E-state index contributed by atoms with van der Waals surface area (Å²) < 4.78 is 0. The van der Waals surface area contributed by atoms with Gasteiger partial charge in [0.1, 0.15) is 0 Å². The number of pyridine rings is 1. The summed E-state index contributed by atoms with van der Waals surface area (Å²) >= 11 is 0. The van der Waals surface area contributed by atoms with Gasteiger partial charge in [-0.25, -0.2) is 0 Å². The highest BCUT2D eigenvalue weighted by atomic mass is 127. The van der Waals surface area contributed by atoms with Crippen LogP contribution in [0.25, 0.3) is 10.9 Å². The van der Waals surface area contributed by atoms with E-state index in [1.54, 1.807) is 7.05 Å². The van der Waals surface area contributed by atoms with E-state index in [0.717, 1.165) is 31.0 Å². The lowest BCUT2D eigenvalue weighted by atomic mass is 10.1. The number of nitrogens with zero attached hydrogens (tertiary/aromatic N) is 2. The number of hydrogen-bond donors (Lipinski definition) is 2. The monoisotopic (exact) mass is 384 g/mol. The highest BCUT2D eigenvalue weighted by Crippen LogP contribution is 2.15. The second-order valence-corrected chi connectivity index (χ2v) is 4.34. The van der Waals surface area contributed by atoms with Gasteiger partial charge < -0.3 is 10.6 Å². The summed E-state index contributed by atoms with van der Waals surface area (Å²) in [6.45, 7) is 3.78. The fourth-order valence-electron chi connectivity index (χ4n) is 1.95. The lowest BCUT2D eigenvalue weighted by Gasteiger charge is -2.12. The Labute approximate surface area is 137 Å². The van der Waals surface area contributed by atoms with E-state index in [-0.39, 0.29) is 24.0 Å². The molecular formula is C15H21IN4. The Morgan fingerprint density at radius 3 is 2.75 bits per heavy atom. The van der Waals surface area contributed by atoms with Crippen molar-refractivity contribution in [3.8, 4) is 0 Å². The Balaban J connectivity index is 0.00000200. The third-order valence-corrected chi connectivity index (χ3v) is 2.93. The van der Waals surface area contributed by atoms with Gasteiger partial charge in [0.05, 0.1) is 5.52 Å². The smallest absolute Gasteiger partial charge is 0.191 e. The van der Waals surface area contributed by atoms with Crippen molar-refractivity contribution in [1.82, 2.24) is 15.6 Å². The fourth-order valence-corrected chi connectivity index (χ4v) is 1.95. The second kappa shape index (κ2) is 8.73. The molecule has 0 amide bonds. The zero-order chi connectivity index (χ0) is 13.5. The number of para-hydroxylation sites is 1. The molecule has 0 aliphatic heterocycles. The van der Waals surface area contributed by atoms with E-state index in [1.165, 1.54) is 10.9 Å². The summed E-state index contributed by atoms with van der Waals surface area (Å²) in [6, 6.07) is 10.3. The van der Waals surface area contributed by atoms with Gasteiger partial charge in [0.25, 0.3) is 0 Å². The van der Waals surface area contributed by atoms with Gasteiger partial charge in [-0.1, -0.05) is 31.2 Å². The standard InChI is InChI=1S/C15H20N4.HI/c1-3-9-18-15(16-2)19-11-13-7-4-6-12-8-5-10-17-14(12)13;/h4-8,10H,3,9,11H2,1-2H3,(H2,16,18,19);1H. The molecule has 0 aliphatic carbocycles. The van der Waals surface area contributed by atoms with Crippen LogP contribution < -0.4 is 10.6 Å². The Hall–Kier alpha value is -1.37. The third kappa shape index (κ3) is 4.33. The van der Waals surface area contributed by atoms with E-state index < -0.39 is 0 Å². The number of rotatable bonds is 4. The normalized spacial score (nSPS) is 11.0. The lowest BCUT2D eigenvalue weighted by molar-refractivity contribution is 0.783. The van der Waals surface area contributed by atoms with Gasteiger partial charge in [-0.15, -0.1) is 24.0 Å². The van der Waals surface area contributed by atoms with Crippen molar-refractivity contribution >= 4 is 40.8 Å². The van der Waals surface area contributed by atoms with Crippen LogP contribution >= 0.6 is 24.0 Å². The van der Waals surface area contributed by atoms with Crippen molar-refractivity contribution in [2.75, 3.05) is 13.6 Å². The molecule has 108 valence electrons. The number of aliphatic imine (C=N–C) groups is 1. The molecule has 1 aromatic heterocycles. The van der Waals surface area contributed by atoms with E-state index in [4.69, 9.17) is 0 Å². The molecule has 20 heavy (non-hydrogen) atoms. The highest BCUT2D eigenvalue weighted by Gasteiger charge is 2.02. The number of hydrogen-bond acceptors (Lipinski definition) is 2. The molecule has 0 fully saturated rings. The Morgan fingerprint density at radius 1 is 1.20 bits per heavy atom. The minimum Gasteiger partial charge on any atom is -0.356 e. The van der Waals surface area contributed by atoms with Crippen molar-refractivity contribution < 1.29 is 0 Å². The van der Waals surface area contributed by atoms with Crippen LogP contribution in [-0.4, -0.2) is 24.5 Å². The van der Waals surface area contributed by atoms with E-state index >= 15 is 0 Å². The van der Waals surface area contributed by atoms with Gasteiger partial charge in [0.2, 0.25) is 0 Å². The van der Waals surface area contributed by atoms with Crippen molar-refractivity contribution in [2.24, 2.45) is 4.99 Å². The Kier molecular flexibility index (Phi) is 7.28. The zero-order valence-electron chi connectivity index (χ0n) is 11.9. The van der Waals surface area contributed by atoms with Crippen LogP contribution in [0.1, 0.15) is 18.9 Å². The van der Waals surface area contributed by atoms with Crippen LogP contribution in [0.2, 0.25) is 0 Å². The molecule has 0 atom stereocenters. The average Bonchev–Trinajstić information content (AvgIpc) is 2.47. The molecule has 0 aliphatic rings. The minimum absolute atomic E-state index is 0. The molecule has 2 N–H and O–H groups in total. The maximum atomic E-state index is 4.45. The number of guanidine groups is 1. The van der Waals surface area contributed by atoms with Gasteiger partial charge >= 0.3 is 0 Å². The predicted octanol–water partition coefficient (Wildman–Crippen LogP) is 2.93. The summed E-state index contributed by atoms with van der Waals surface area (Å²) in [6.07, 6.45) is 2.91. The quantitative estimate of drug-likeness (QED) is 0.484. The average molecular weight is 384 g/mol. The first kappa shape index (κ1) is 16.7. The number of fused-ring (bicyclic) bond motifs is 1. The van der Waals surface area contributed by atoms with Gasteiger partial charge in [-0.2, -0.15) is 0 Å². The molecule has 4 nitrogen and oxygen atoms in total. The molecule has 2 rings (SSSR count). The van der Waals surface area contributed by atoms with Crippen molar-refractivity contribution in [2.45, 2.75) is 19.9 Å². The zero-order valence-corrected chi connectivity index (χ0v) is 14.2. The van der Waals surface area contributed by atoms with E-state index in [1.807, 2.05) is 12.3 Å². The first-order chi connectivity index (χ1) is 9.35.